The van der Waals surface area contributed by atoms with Crippen LogP contribution in [-0.4, -0.2) is 40.5 Å². The number of amides is 1. The Hall–Kier alpha value is -2.47. The van der Waals surface area contributed by atoms with Gasteiger partial charge in [-0.25, -0.2) is 9.97 Å². The second-order valence-electron chi connectivity index (χ2n) is 6.64. The van der Waals surface area contributed by atoms with Crippen LogP contribution >= 0.6 is 0 Å². The molecule has 0 unspecified atom stereocenters. The number of nitrogens with two attached hydrogens (primary N) is 1. The van der Waals surface area contributed by atoms with Gasteiger partial charge in [0.05, 0.1) is 6.61 Å². The quantitative estimate of drug-likeness (QED) is 0.773. The molecule has 0 saturated carbocycles. The summed E-state index contributed by atoms with van der Waals surface area (Å²) in [7, 11) is 0. The fourth-order valence-electron chi connectivity index (χ4n) is 3.29. The van der Waals surface area contributed by atoms with Crippen LogP contribution in [0.4, 0.5) is 5.95 Å². The predicted octanol–water partition coefficient (Wildman–Crippen LogP) is 2.76. The Balaban J connectivity index is 1.33. The number of nitrogen functional groups attached to an aromatic ring is 1. The van der Waals surface area contributed by atoms with Crippen molar-refractivity contribution in [1.82, 2.24) is 14.9 Å². The van der Waals surface area contributed by atoms with Crippen molar-refractivity contribution < 1.29 is 9.53 Å². The summed E-state index contributed by atoms with van der Waals surface area (Å²) in [6, 6.07) is 12.0. The second-order valence-corrected chi connectivity index (χ2v) is 6.64. The van der Waals surface area contributed by atoms with E-state index in [1.165, 1.54) is 0 Å². The number of anilines is 1. The minimum Gasteiger partial charge on any atom is -0.377 e. The van der Waals surface area contributed by atoms with Crippen LogP contribution in [-0.2, 0) is 16.1 Å². The molecule has 0 spiro atoms. The molecule has 26 heavy (non-hydrogen) atoms. The third-order valence-corrected chi connectivity index (χ3v) is 4.75. The maximum absolute atomic E-state index is 12.4. The number of aromatic nitrogens is 2. The van der Waals surface area contributed by atoms with E-state index in [1.807, 2.05) is 41.3 Å². The molecule has 138 valence electrons. The maximum Gasteiger partial charge on any atom is 0.222 e. The lowest BCUT2D eigenvalue weighted by Gasteiger charge is -2.31. The summed E-state index contributed by atoms with van der Waals surface area (Å²) in [6.07, 6.45) is 4.85. The topological polar surface area (TPSA) is 81.3 Å². The highest BCUT2D eigenvalue weighted by molar-refractivity contribution is 5.76. The van der Waals surface area contributed by atoms with Gasteiger partial charge in [0, 0.05) is 43.9 Å². The van der Waals surface area contributed by atoms with E-state index in [4.69, 9.17) is 10.5 Å². The van der Waals surface area contributed by atoms with Gasteiger partial charge in [-0.2, -0.15) is 0 Å². The van der Waals surface area contributed by atoms with Crippen molar-refractivity contribution in [2.24, 2.45) is 0 Å². The fraction of sp³-hybridized carbons (Fsp3) is 0.450. The largest absolute Gasteiger partial charge is 0.377 e. The number of carbonyl (C=O) groups excluding carboxylic acids is 1. The van der Waals surface area contributed by atoms with Gasteiger partial charge in [0.25, 0.3) is 0 Å². The van der Waals surface area contributed by atoms with Crippen LogP contribution in [0.5, 0.6) is 0 Å². The third kappa shape index (κ3) is 5.26. The Bertz CT molecular complexity index is 700. The maximum atomic E-state index is 12.4. The first-order valence-corrected chi connectivity index (χ1v) is 9.20. The van der Waals surface area contributed by atoms with Crippen LogP contribution in [0.25, 0.3) is 0 Å². The highest BCUT2D eigenvalue weighted by Crippen LogP contribution is 2.27. The molecule has 1 amide bonds. The summed E-state index contributed by atoms with van der Waals surface area (Å²) >= 11 is 0. The Morgan fingerprint density at radius 2 is 1.96 bits per heavy atom. The lowest BCUT2D eigenvalue weighted by molar-refractivity contribution is -0.132. The standard InChI is InChI=1S/C20H26N4O2/c21-20-22-11-8-18(23-20)17-9-12-24(13-10-17)19(25)7-4-14-26-15-16-5-2-1-3-6-16/h1-3,5-6,8,11,17H,4,7,9-10,12-15H2,(H2,21,22,23). The molecule has 0 bridgehead atoms. The second kappa shape index (κ2) is 9.29. The van der Waals surface area contributed by atoms with Gasteiger partial charge in [-0.15, -0.1) is 0 Å². The van der Waals surface area contributed by atoms with E-state index in [-0.39, 0.29) is 5.91 Å². The van der Waals surface area contributed by atoms with E-state index in [2.05, 4.69) is 9.97 Å². The number of hydrogen-bond acceptors (Lipinski definition) is 5. The van der Waals surface area contributed by atoms with Gasteiger partial charge in [0.1, 0.15) is 0 Å². The molecule has 0 radical (unpaired) electrons. The zero-order valence-electron chi connectivity index (χ0n) is 15.0. The average molecular weight is 354 g/mol. The first kappa shape index (κ1) is 18.3. The molecule has 6 nitrogen and oxygen atoms in total. The number of nitrogens with zero attached hydrogens (tertiary/aromatic N) is 3. The van der Waals surface area contributed by atoms with Gasteiger partial charge in [-0.3, -0.25) is 4.79 Å². The Morgan fingerprint density at radius 3 is 2.69 bits per heavy atom. The molecule has 0 aliphatic carbocycles. The van der Waals surface area contributed by atoms with Crippen LogP contribution in [0.3, 0.4) is 0 Å². The predicted molar refractivity (Wildman–Crippen MR) is 100 cm³/mol. The number of rotatable bonds is 7. The molecule has 3 rings (SSSR count). The molecular formula is C20H26N4O2. The summed E-state index contributed by atoms with van der Waals surface area (Å²) in [5, 5.41) is 0. The lowest BCUT2D eigenvalue weighted by Crippen LogP contribution is -2.38. The molecule has 1 fully saturated rings. The molecule has 2 heterocycles. The fourth-order valence-corrected chi connectivity index (χ4v) is 3.29. The van der Waals surface area contributed by atoms with E-state index in [9.17, 15) is 4.79 Å². The first-order chi connectivity index (χ1) is 12.7. The van der Waals surface area contributed by atoms with E-state index >= 15 is 0 Å². The van der Waals surface area contributed by atoms with Crippen LogP contribution in [0.1, 0.15) is 42.9 Å². The van der Waals surface area contributed by atoms with Gasteiger partial charge in [-0.1, -0.05) is 30.3 Å². The first-order valence-electron chi connectivity index (χ1n) is 9.20. The third-order valence-electron chi connectivity index (χ3n) is 4.75. The SMILES string of the molecule is Nc1nccc(C2CCN(C(=O)CCCOCc3ccccc3)CC2)n1. The smallest absolute Gasteiger partial charge is 0.222 e. The van der Waals surface area contributed by atoms with E-state index in [0.717, 1.165) is 43.6 Å². The Kier molecular flexibility index (Phi) is 6.55. The van der Waals surface area contributed by atoms with Gasteiger partial charge in [0.15, 0.2) is 0 Å². The van der Waals surface area contributed by atoms with Gasteiger partial charge in [0.2, 0.25) is 11.9 Å². The van der Waals surface area contributed by atoms with Crippen LogP contribution in [0, 0.1) is 0 Å². The number of benzene rings is 1. The summed E-state index contributed by atoms with van der Waals surface area (Å²) in [5.74, 6) is 0.893. The summed E-state index contributed by atoms with van der Waals surface area (Å²) in [6.45, 7) is 2.76. The van der Waals surface area contributed by atoms with Crippen LogP contribution in [0.15, 0.2) is 42.6 Å². The Labute approximate surface area is 154 Å². The van der Waals surface area contributed by atoms with Crippen LogP contribution < -0.4 is 5.73 Å². The Morgan fingerprint density at radius 1 is 1.19 bits per heavy atom. The zero-order valence-corrected chi connectivity index (χ0v) is 15.0. The number of carbonyl (C=O) groups is 1. The van der Waals surface area contributed by atoms with E-state index in [0.29, 0.717) is 31.5 Å². The molecule has 0 atom stereocenters. The van der Waals surface area contributed by atoms with Crippen molar-refractivity contribution in [3.63, 3.8) is 0 Å². The summed E-state index contributed by atoms with van der Waals surface area (Å²) < 4.78 is 5.65. The molecule has 1 aliphatic rings. The molecular weight excluding hydrogens is 328 g/mol. The molecule has 1 aromatic carbocycles. The van der Waals surface area contributed by atoms with Crippen molar-refractivity contribution >= 4 is 11.9 Å². The molecule has 2 N–H and O–H groups in total. The van der Waals surface area contributed by atoms with Gasteiger partial charge < -0.3 is 15.4 Å². The molecule has 2 aromatic rings. The number of likely N-dealkylation sites (tertiary alicyclic amines) is 1. The van der Waals surface area contributed by atoms with Crippen molar-refractivity contribution in [1.29, 1.82) is 0 Å². The zero-order chi connectivity index (χ0) is 18.2. The monoisotopic (exact) mass is 354 g/mol. The van der Waals surface area contributed by atoms with E-state index < -0.39 is 0 Å². The molecule has 6 heteroatoms. The minimum atomic E-state index is 0.217. The average Bonchev–Trinajstić information content (AvgIpc) is 2.68. The minimum absolute atomic E-state index is 0.217. The normalized spacial score (nSPS) is 15.2. The highest BCUT2D eigenvalue weighted by Gasteiger charge is 2.24. The summed E-state index contributed by atoms with van der Waals surface area (Å²) in [5.41, 5.74) is 7.80. The highest BCUT2D eigenvalue weighted by atomic mass is 16.5. The van der Waals surface area contributed by atoms with Gasteiger partial charge in [-0.05, 0) is 30.9 Å². The van der Waals surface area contributed by atoms with Crippen molar-refractivity contribution in [2.45, 2.75) is 38.2 Å². The lowest BCUT2D eigenvalue weighted by atomic mass is 9.93. The number of piperidine rings is 1. The van der Waals surface area contributed by atoms with Crippen molar-refractivity contribution in [3.8, 4) is 0 Å². The molecule has 1 aliphatic heterocycles. The number of hydrogen-bond donors (Lipinski definition) is 1. The summed E-state index contributed by atoms with van der Waals surface area (Å²) in [4.78, 5) is 22.6. The molecule has 1 saturated heterocycles. The van der Waals surface area contributed by atoms with Gasteiger partial charge >= 0.3 is 0 Å². The van der Waals surface area contributed by atoms with Crippen molar-refractivity contribution in [3.05, 3.63) is 53.9 Å². The van der Waals surface area contributed by atoms with Crippen molar-refractivity contribution in [2.75, 3.05) is 25.4 Å². The van der Waals surface area contributed by atoms with E-state index in [1.54, 1.807) is 6.20 Å². The van der Waals surface area contributed by atoms with Crippen LogP contribution in [0.2, 0.25) is 0 Å². The number of ether oxygens (including phenoxy) is 1. The molecule has 1 aromatic heterocycles.